The molecule has 2 aliphatic rings. The topological polar surface area (TPSA) is 71.2 Å². The Labute approximate surface area is 186 Å². The minimum Gasteiger partial charge on any atom is -0.378 e. The first kappa shape index (κ1) is 20.2. The van der Waals surface area contributed by atoms with Crippen LogP contribution in [0.4, 0.5) is 17.1 Å². The first-order valence-electron chi connectivity index (χ1n) is 10.7. The second-order valence-electron chi connectivity index (χ2n) is 8.06. The van der Waals surface area contributed by atoms with Crippen molar-refractivity contribution >= 4 is 22.8 Å². The van der Waals surface area contributed by atoms with Crippen LogP contribution in [0, 0.1) is 17.0 Å². The second kappa shape index (κ2) is 8.43. The van der Waals surface area contributed by atoms with Crippen molar-refractivity contribution in [3.8, 4) is 0 Å². The van der Waals surface area contributed by atoms with Gasteiger partial charge in [-0.15, -0.1) is 0 Å². The molecule has 0 amide bonds. The molecule has 0 radical (unpaired) electrons. The molecule has 162 valence electrons. The maximum Gasteiger partial charge on any atom is 0.294 e. The third-order valence-corrected chi connectivity index (χ3v) is 5.95. The lowest BCUT2D eigenvalue weighted by atomic mass is 9.95. The quantitative estimate of drug-likeness (QED) is 0.452. The van der Waals surface area contributed by atoms with Crippen LogP contribution in [0.2, 0.25) is 0 Å². The fraction of sp³-hybridized carbons (Fsp3) is 0.240. The molecule has 3 aromatic rings. The molecule has 0 N–H and O–H groups in total. The largest absolute Gasteiger partial charge is 0.378 e. The van der Waals surface area contributed by atoms with Crippen LogP contribution in [-0.2, 0) is 11.3 Å². The summed E-state index contributed by atoms with van der Waals surface area (Å²) in [4.78, 5) is 13.7. The molecule has 0 spiro atoms. The van der Waals surface area contributed by atoms with E-state index in [0.717, 1.165) is 41.2 Å². The van der Waals surface area contributed by atoms with Gasteiger partial charge in [0.2, 0.25) is 0 Å². The standard InChI is InChI=1S/C25H24N4O3/c1-18-6-8-19(9-7-18)25-22-5-3-2-4-20(22)17-28(26-25)24-16-21(10-11-23(24)29(30)31)27-12-14-32-15-13-27/h2-11,16H,12-15,17H2,1H3. The van der Waals surface area contributed by atoms with Crippen molar-refractivity contribution in [2.75, 3.05) is 36.2 Å². The molecule has 0 aliphatic carbocycles. The fourth-order valence-corrected chi connectivity index (χ4v) is 4.22. The third kappa shape index (κ3) is 3.83. The van der Waals surface area contributed by atoms with Crippen molar-refractivity contribution in [2.45, 2.75) is 13.5 Å². The van der Waals surface area contributed by atoms with E-state index in [1.165, 1.54) is 5.56 Å². The monoisotopic (exact) mass is 428 g/mol. The average Bonchev–Trinajstić information content (AvgIpc) is 2.84. The lowest BCUT2D eigenvalue weighted by Gasteiger charge is -2.31. The molecule has 0 aromatic heterocycles. The highest BCUT2D eigenvalue weighted by Gasteiger charge is 2.27. The number of hydrogen-bond acceptors (Lipinski definition) is 6. The van der Waals surface area contributed by atoms with Crippen LogP contribution in [0.1, 0.15) is 22.3 Å². The Balaban J connectivity index is 1.62. The SMILES string of the molecule is Cc1ccc(C2=NN(c3cc(N4CCOCC4)ccc3[N+](=O)[O-])Cc3ccccc32)cc1. The molecular weight excluding hydrogens is 404 g/mol. The Bertz CT molecular complexity index is 1180. The van der Waals surface area contributed by atoms with Crippen molar-refractivity contribution in [3.05, 3.63) is 99.1 Å². The molecule has 3 aromatic carbocycles. The normalized spacial score (nSPS) is 15.8. The van der Waals surface area contributed by atoms with E-state index in [1.54, 1.807) is 11.1 Å². The van der Waals surface area contributed by atoms with Gasteiger partial charge in [-0.2, -0.15) is 5.10 Å². The van der Waals surface area contributed by atoms with Crippen molar-refractivity contribution < 1.29 is 9.66 Å². The van der Waals surface area contributed by atoms with Crippen LogP contribution in [0.25, 0.3) is 0 Å². The molecule has 7 heteroatoms. The van der Waals surface area contributed by atoms with Crippen molar-refractivity contribution in [1.82, 2.24) is 0 Å². The highest BCUT2D eigenvalue weighted by atomic mass is 16.6. The summed E-state index contributed by atoms with van der Waals surface area (Å²) in [6.45, 7) is 5.35. The van der Waals surface area contributed by atoms with Gasteiger partial charge in [0.25, 0.3) is 5.69 Å². The van der Waals surface area contributed by atoms with E-state index in [-0.39, 0.29) is 10.6 Å². The lowest BCUT2D eigenvalue weighted by Crippen LogP contribution is -2.36. The Morgan fingerprint density at radius 1 is 1.00 bits per heavy atom. The minimum absolute atomic E-state index is 0.0494. The van der Waals surface area contributed by atoms with Gasteiger partial charge < -0.3 is 9.64 Å². The van der Waals surface area contributed by atoms with E-state index in [2.05, 4.69) is 29.2 Å². The van der Waals surface area contributed by atoms with Crippen LogP contribution in [0.15, 0.2) is 71.8 Å². The fourth-order valence-electron chi connectivity index (χ4n) is 4.22. The van der Waals surface area contributed by atoms with E-state index in [9.17, 15) is 10.1 Å². The lowest BCUT2D eigenvalue weighted by molar-refractivity contribution is -0.384. The number of aryl methyl sites for hydroxylation is 1. The Kier molecular flexibility index (Phi) is 5.33. The van der Waals surface area contributed by atoms with Gasteiger partial charge >= 0.3 is 0 Å². The minimum atomic E-state index is -0.333. The maximum atomic E-state index is 11.9. The summed E-state index contributed by atoms with van der Waals surface area (Å²) >= 11 is 0. The number of anilines is 2. The van der Waals surface area contributed by atoms with Gasteiger partial charge in [-0.1, -0.05) is 54.1 Å². The molecule has 0 bridgehead atoms. The van der Waals surface area contributed by atoms with Gasteiger partial charge in [0.05, 0.1) is 30.4 Å². The number of ether oxygens (including phenoxy) is 1. The highest BCUT2D eigenvalue weighted by molar-refractivity contribution is 6.14. The average molecular weight is 428 g/mol. The first-order valence-corrected chi connectivity index (χ1v) is 10.7. The van der Waals surface area contributed by atoms with E-state index in [4.69, 9.17) is 9.84 Å². The zero-order valence-corrected chi connectivity index (χ0v) is 17.9. The zero-order valence-electron chi connectivity index (χ0n) is 17.9. The summed E-state index contributed by atoms with van der Waals surface area (Å²) in [5.74, 6) is 0. The van der Waals surface area contributed by atoms with Gasteiger partial charge in [0, 0.05) is 36.0 Å². The Morgan fingerprint density at radius 2 is 1.75 bits per heavy atom. The highest BCUT2D eigenvalue weighted by Crippen LogP contribution is 2.36. The maximum absolute atomic E-state index is 11.9. The van der Waals surface area contributed by atoms with Crippen LogP contribution >= 0.6 is 0 Å². The number of hydrogen-bond donors (Lipinski definition) is 0. The summed E-state index contributed by atoms with van der Waals surface area (Å²) in [5.41, 5.74) is 6.61. The molecule has 0 atom stereocenters. The van der Waals surface area contributed by atoms with Crippen LogP contribution in [0.3, 0.4) is 0 Å². The van der Waals surface area contributed by atoms with E-state index >= 15 is 0 Å². The summed E-state index contributed by atoms with van der Waals surface area (Å²) < 4.78 is 5.46. The Morgan fingerprint density at radius 3 is 2.50 bits per heavy atom. The molecule has 0 unspecified atom stereocenters. The van der Waals surface area contributed by atoms with Gasteiger partial charge in [0.15, 0.2) is 0 Å². The number of nitro groups is 1. The number of nitro benzene ring substituents is 1. The zero-order chi connectivity index (χ0) is 22.1. The number of benzene rings is 3. The molecule has 32 heavy (non-hydrogen) atoms. The molecule has 2 heterocycles. The third-order valence-electron chi connectivity index (χ3n) is 5.95. The Hall–Kier alpha value is -3.71. The summed E-state index contributed by atoms with van der Waals surface area (Å²) in [6.07, 6.45) is 0. The van der Waals surface area contributed by atoms with E-state index in [0.29, 0.717) is 25.4 Å². The van der Waals surface area contributed by atoms with Crippen molar-refractivity contribution in [3.63, 3.8) is 0 Å². The molecule has 1 fully saturated rings. The summed E-state index contributed by atoms with van der Waals surface area (Å²) in [7, 11) is 0. The second-order valence-corrected chi connectivity index (χ2v) is 8.06. The molecule has 2 aliphatic heterocycles. The van der Waals surface area contributed by atoms with E-state index in [1.807, 2.05) is 43.3 Å². The van der Waals surface area contributed by atoms with Gasteiger partial charge in [-0.05, 0) is 24.6 Å². The number of nitrogens with zero attached hydrogens (tertiary/aromatic N) is 4. The van der Waals surface area contributed by atoms with Gasteiger partial charge in [-0.3, -0.25) is 15.1 Å². The molecule has 0 saturated carbocycles. The first-order chi connectivity index (χ1) is 15.6. The predicted molar refractivity (Wildman–Crippen MR) is 126 cm³/mol. The van der Waals surface area contributed by atoms with Crippen LogP contribution in [0.5, 0.6) is 0 Å². The van der Waals surface area contributed by atoms with E-state index < -0.39 is 0 Å². The van der Waals surface area contributed by atoms with Gasteiger partial charge in [-0.25, -0.2) is 0 Å². The number of hydrazone groups is 1. The molecule has 5 rings (SSSR count). The van der Waals surface area contributed by atoms with Crippen LogP contribution in [-0.4, -0.2) is 36.9 Å². The summed E-state index contributed by atoms with van der Waals surface area (Å²) in [5, 5.41) is 18.6. The van der Waals surface area contributed by atoms with Crippen molar-refractivity contribution in [2.24, 2.45) is 5.10 Å². The van der Waals surface area contributed by atoms with Gasteiger partial charge in [0.1, 0.15) is 5.69 Å². The predicted octanol–water partition coefficient (Wildman–Crippen LogP) is 4.51. The van der Waals surface area contributed by atoms with Crippen molar-refractivity contribution in [1.29, 1.82) is 0 Å². The number of fused-ring (bicyclic) bond motifs is 1. The smallest absolute Gasteiger partial charge is 0.294 e. The number of morpholine rings is 1. The molecule has 1 saturated heterocycles. The molecular formula is C25H24N4O3. The molecule has 7 nitrogen and oxygen atoms in total. The summed E-state index contributed by atoms with van der Waals surface area (Å²) in [6, 6.07) is 21.6. The van der Waals surface area contributed by atoms with Crippen LogP contribution < -0.4 is 9.91 Å². The number of rotatable bonds is 4.